The van der Waals surface area contributed by atoms with Gasteiger partial charge in [-0.15, -0.1) is 0 Å². The minimum atomic E-state index is 0.0976. The van der Waals surface area contributed by atoms with Crippen molar-refractivity contribution in [3.8, 4) is 0 Å². The average Bonchev–Trinajstić information content (AvgIpc) is 2.26. The third-order valence-corrected chi connectivity index (χ3v) is 3.56. The molecule has 0 amide bonds. The van der Waals surface area contributed by atoms with Gasteiger partial charge in [0, 0.05) is 22.0 Å². The first-order valence-corrected chi connectivity index (χ1v) is 5.95. The van der Waals surface area contributed by atoms with Gasteiger partial charge in [0.1, 0.15) is 0 Å². The lowest BCUT2D eigenvalue weighted by Crippen LogP contribution is -2.31. The van der Waals surface area contributed by atoms with E-state index in [1.54, 1.807) is 0 Å². The Labute approximate surface area is 101 Å². The minimum Gasteiger partial charge on any atom is -0.316 e. The third-order valence-electron chi connectivity index (χ3n) is 3.01. The largest absolute Gasteiger partial charge is 0.316 e. The summed E-state index contributed by atoms with van der Waals surface area (Å²) in [6.45, 7) is 6.39. The smallest absolute Gasteiger partial charge is 0.0456 e. The second kappa shape index (κ2) is 3.97. The van der Waals surface area contributed by atoms with Gasteiger partial charge >= 0.3 is 0 Å². The van der Waals surface area contributed by atoms with Gasteiger partial charge in [0.2, 0.25) is 0 Å². The quantitative estimate of drug-likeness (QED) is 0.737. The van der Waals surface area contributed by atoms with Crippen molar-refractivity contribution < 1.29 is 0 Å². The maximum Gasteiger partial charge on any atom is 0.0456 e. The number of rotatable bonds is 0. The van der Waals surface area contributed by atoms with Crippen LogP contribution in [0.3, 0.4) is 0 Å². The predicted molar refractivity (Wildman–Crippen MR) is 66.1 cm³/mol. The zero-order chi connectivity index (χ0) is 11.1. The van der Waals surface area contributed by atoms with Gasteiger partial charge in [-0.05, 0) is 36.2 Å². The predicted octanol–water partition coefficient (Wildman–Crippen LogP) is 3.42. The zero-order valence-electron chi connectivity index (χ0n) is 9.03. The van der Waals surface area contributed by atoms with Gasteiger partial charge in [-0.25, -0.2) is 0 Å². The first kappa shape index (κ1) is 11.3. The highest BCUT2D eigenvalue weighted by Crippen LogP contribution is 2.34. The van der Waals surface area contributed by atoms with Gasteiger partial charge in [-0.2, -0.15) is 0 Å². The molecule has 1 heterocycles. The third kappa shape index (κ3) is 2.15. The summed E-state index contributed by atoms with van der Waals surface area (Å²) in [6, 6.07) is 3.89. The molecule has 0 aliphatic carbocycles. The first-order chi connectivity index (χ1) is 7.00. The van der Waals surface area contributed by atoms with E-state index < -0.39 is 0 Å². The van der Waals surface area contributed by atoms with E-state index in [2.05, 4.69) is 25.2 Å². The fourth-order valence-electron chi connectivity index (χ4n) is 2.17. The lowest BCUT2D eigenvalue weighted by molar-refractivity contribution is 0.488. The van der Waals surface area contributed by atoms with Crippen LogP contribution in [0, 0.1) is 0 Å². The van der Waals surface area contributed by atoms with Gasteiger partial charge in [0.05, 0.1) is 0 Å². The Bertz CT molecular complexity index is 385. The van der Waals surface area contributed by atoms with Crippen LogP contribution in [-0.4, -0.2) is 13.1 Å². The molecule has 1 aromatic rings. The number of nitrogens with one attached hydrogen (secondary N) is 1. The molecule has 0 atom stereocenters. The fourth-order valence-corrected chi connectivity index (χ4v) is 2.76. The number of fused-ring (bicyclic) bond motifs is 1. The molecular formula is C12H15Cl2N. The van der Waals surface area contributed by atoms with Gasteiger partial charge in [0.25, 0.3) is 0 Å². The van der Waals surface area contributed by atoms with Gasteiger partial charge in [-0.3, -0.25) is 0 Å². The summed E-state index contributed by atoms with van der Waals surface area (Å²) >= 11 is 12.3. The lowest BCUT2D eigenvalue weighted by atomic mass is 9.82. The summed E-state index contributed by atoms with van der Waals surface area (Å²) < 4.78 is 0. The summed E-state index contributed by atoms with van der Waals surface area (Å²) in [5, 5.41) is 4.96. The molecule has 0 radical (unpaired) electrons. The van der Waals surface area contributed by atoms with Crippen LogP contribution in [0.5, 0.6) is 0 Å². The maximum absolute atomic E-state index is 6.24. The molecule has 0 unspecified atom stereocenters. The van der Waals surface area contributed by atoms with E-state index in [-0.39, 0.29) is 5.41 Å². The second-order valence-electron chi connectivity index (χ2n) is 4.72. The molecule has 15 heavy (non-hydrogen) atoms. The summed E-state index contributed by atoms with van der Waals surface area (Å²) in [7, 11) is 0. The molecule has 0 saturated carbocycles. The molecule has 0 saturated heterocycles. The van der Waals surface area contributed by atoms with Crippen LogP contribution < -0.4 is 5.32 Å². The number of benzene rings is 1. The topological polar surface area (TPSA) is 12.0 Å². The first-order valence-electron chi connectivity index (χ1n) is 5.20. The monoisotopic (exact) mass is 243 g/mol. The molecule has 1 aliphatic rings. The Morgan fingerprint density at radius 2 is 2.00 bits per heavy atom. The fraction of sp³-hybridized carbons (Fsp3) is 0.500. The van der Waals surface area contributed by atoms with Gasteiger partial charge < -0.3 is 5.32 Å². The van der Waals surface area contributed by atoms with Crippen molar-refractivity contribution in [2.75, 3.05) is 13.1 Å². The molecule has 1 aliphatic heterocycles. The van der Waals surface area contributed by atoms with Crippen LogP contribution in [0.1, 0.15) is 25.0 Å². The molecule has 3 heteroatoms. The van der Waals surface area contributed by atoms with Gasteiger partial charge in [-0.1, -0.05) is 37.0 Å². The molecule has 0 aromatic heterocycles. The van der Waals surface area contributed by atoms with Crippen LogP contribution in [0.4, 0.5) is 0 Å². The highest BCUT2D eigenvalue weighted by molar-refractivity contribution is 6.35. The minimum absolute atomic E-state index is 0.0976. The summed E-state index contributed by atoms with van der Waals surface area (Å²) in [5.41, 5.74) is 2.63. The summed E-state index contributed by atoms with van der Waals surface area (Å²) in [6.07, 6.45) is 0.981. The van der Waals surface area contributed by atoms with Crippen LogP contribution in [0.15, 0.2) is 12.1 Å². The van der Waals surface area contributed by atoms with E-state index in [4.69, 9.17) is 23.2 Å². The van der Waals surface area contributed by atoms with Crippen molar-refractivity contribution in [2.24, 2.45) is 0 Å². The van der Waals surface area contributed by atoms with Crippen LogP contribution in [0.25, 0.3) is 0 Å². The number of hydrogen-bond acceptors (Lipinski definition) is 1. The summed E-state index contributed by atoms with van der Waals surface area (Å²) in [5.74, 6) is 0. The van der Waals surface area contributed by atoms with Crippen molar-refractivity contribution in [1.29, 1.82) is 0 Å². The Morgan fingerprint density at radius 1 is 1.27 bits per heavy atom. The van der Waals surface area contributed by atoms with Crippen molar-refractivity contribution in [2.45, 2.75) is 25.7 Å². The van der Waals surface area contributed by atoms with E-state index in [0.717, 1.165) is 29.6 Å². The SMILES string of the molecule is CC1(C)CNCCc2c(Cl)cc(Cl)cc21. The normalized spacial score (nSPS) is 19.5. The van der Waals surface area contributed by atoms with E-state index in [0.29, 0.717) is 0 Å². The highest BCUT2D eigenvalue weighted by atomic mass is 35.5. The number of halogens is 2. The highest BCUT2D eigenvalue weighted by Gasteiger charge is 2.27. The Morgan fingerprint density at radius 3 is 2.73 bits per heavy atom. The lowest BCUT2D eigenvalue weighted by Gasteiger charge is -2.26. The van der Waals surface area contributed by atoms with Crippen LogP contribution in [0.2, 0.25) is 10.0 Å². The van der Waals surface area contributed by atoms with E-state index in [9.17, 15) is 0 Å². The molecule has 82 valence electrons. The Kier molecular flexibility index (Phi) is 2.98. The van der Waals surface area contributed by atoms with Crippen LogP contribution >= 0.6 is 23.2 Å². The van der Waals surface area contributed by atoms with E-state index >= 15 is 0 Å². The molecule has 1 nitrogen and oxygen atoms in total. The molecule has 0 spiro atoms. The van der Waals surface area contributed by atoms with Crippen molar-refractivity contribution in [1.82, 2.24) is 5.32 Å². The van der Waals surface area contributed by atoms with Crippen molar-refractivity contribution >= 4 is 23.2 Å². The average molecular weight is 244 g/mol. The van der Waals surface area contributed by atoms with Crippen molar-refractivity contribution in [3.05, 3.63) is 33.3 Å². The van der Waals surface area contributed by atoms with E-state index in [1.165, 1.54) is 11.1 Å². The second-order valence-corrected chi connectivity index (χ2v) is 5.57. The Balaban J connectivity index is 2.61. The molecule has 1 N–H and O–H groups in total. The molecule has 0 bridgehead atoms. The van der Waals surface area contributed by atoms with E-state index in [1.807, 2.05) is 6.07 Å². The molecule has 1 aromatic carbocycles. The Hall–Kier alpha value is -0.240. The maximum atomic E-state index is 6.24. The molecular weight excluding hydrogens is 229 g/mol. The van der Waals surface area contributed by atoms with Crippen LogP contribution in [-0.2, 0) is 11.8 Å². The zero-order valence-corrected chi connectivity index (χ0v) is 10.5. The van der Waals surface area contributed by atoms with Gasteiger partial charge in [0.15, 0.2) is 0 Å². The molecule has 2 rings (SSSR count). The molecule has 0 fully saturated rings. The standard InChI is InChI=1S/C12H15Cl2N/c1-12(2)7-15-4-3-9-10(12)5-8(13)6-11(9)14/h5-6,15H,3-4,7H2,1-2H3. The summed E-state index contributed by atoms with van der Waals surface area (Å²) in [4.78, 5) is 0. The number of hydrogen-bond donors (Lipinski definition) is 1. The van der Waals surface area contributed by atoms with Crippen molar-refractivity contribution in [3.63, 3.8) is 0 Å².